The van der Waals surface area contributed by atoms with Gasteiger partial charge in [0.1, 0.15) is 11.4 Å². The van der Waals surface area contributed by atoms with Crippen LogP contribution in [-0.2, 0) is 13.6 Å². The second-order valence-electron chi connectivity index (χ2n) is 7.23. The lowest BCUT2D eigenvalue weighted by atomic mass is 10.1. The molecule has 7 nitrogen and oxygen atoms in total. The summed E-state index contributed by atoms with van der Waals surface area (Å²) in [6.45, 7) is 6.47. The number of aromatic nitrogens is 3. The molecule has 3 N–H and O–H groups in total. The van der Waals surface area contributed by atoms with E-state index in [2.05, 4.69) is 10.3 Å². The Kier molecular flexibility index (Phi) is 5.69. The molecule has 0 bridgehead atoms. The molecule has 3 aromatic rings. The predicted octanol–water partition coefficient (Wildman–Crippen LogP) is 3.08. The average Bonchev–Trinajstić information content (AvgIpc) is 3.12. The summed E-state index contributed by atoms with van der Waals surface area (Å²) in [5.74, 6) is 0.375. The van der Waals surface area contributed by atoms with Gasteiger partial charge in [-0.15, -0.1) is 11.3 Å². The molecule has 0 saturated carbocycles. The molecule has 0 radical (unpaired) electrons. The summed E-state index contributed by atoms with van der Waals surface area (Å²) >= 11 is 1.40. The van der Waals surface area contributed by atoms with Crippen molar-refractivity contribution in [2.75, 3.05) is 11.1 Å². The third kappa shape index (κ3) is 3.87. The number of hydrogen-bond donors (Lipinski definition) is 2. The van der Waals surface area contributed by atoms with E-state index in [1.165, 1.54) is 23.0 Å². The van der Waals surface area contributed by atoms with E-state index in [0.717, 1.165) is 10.1 Å². The second kappa shape index (κ2) is 8.02. The zero-order chi connectivity index (χ0) is 20.4. The van der Waals surface area contributed by atoms with Crippen molar-refractivity contribution in [2.24, 2.45) is 13.0 Å². The third-order valence-corrected chi connectivity index (χ3v) is 5.30. The Hall–Kier alpha value is -2.87. The normalized spacial score (nSPS) is 12.3. The molecule has 28 heavy (non-hydrogen) atoms. The first-order chi connectivity index (χ1) is 13.3. The van der Waals surface area contributed by atoms with Gasteiger partial charge in [-0.25, -0.2) is 9.78 Å². The molecule has 0 amide bonds. The molecule has 1 atom stereocenters. The molecule has 2 aromatic heterocycles. The van der Waals surface area contributed by atoms with Gasteiger partial charge in [0.15, 0.2) is 5.13 Å². The van der Waals surface area contributed by atoms with E-state index >= 15 is 0 Å². The van der Waals surface area contributed by atoms with Gasteiger partial charge in [0, 0.05) is 19.0 Å². The topological polar surface area (TPSA) is 94.9 Å². The molecule has 0 unspecified atom stereocenters. The van der Waals surface area contributed by atoms with Gasteiger partial charge in [0.05, 0.1) is 11.7 Å². The predicted molar refractivity (Wildman–Crippen MR) is 115 cm³/mol. The minimum Gasteiger partial charge on any atom is -0.384 e. The maximum Gasteiger partial charge on any atom is 0.332 e. The zero-order valence-electron chi connectivity index (χ0n) is 16.5. The lowest BCUT2D eigenvalue weighted by Crippen LogP contribution is -2.41. The maximum absolute atomic E-state index is 12.7. The summed E-state index contributed by atoms with van der Waals surface area (Å²) < 4.78 is 2.54. The molecule has 8 heteroatoms. The molecule has 2 heterocycles. The van der Waals surface area contributed by atoms with Gasteiger partial charge in [-0.1, -0.05) is 44.2 Å². The van der Waals surface area contributed by atoms with E-state index in [1.807, 2.05) is 51.1 Å². The van der Waals surface area contributed by atoms with Crippen LogP contribution in [0, 0.1) is 5.92 Å². The van der Waals surface area contributed by atoms with Crippen LogP contribution in [0.3, 0.4) is 0 Å². The molecule has 1 aromatic carbocycles. The Balaban J connectivity index is 1.98. The lowest BCUT2D eigenvalue weighted by Gasteiger charge is -2.16. The Morgan fingerprint density at radius 1 is 1.18 bits per heavy atom. The first-order valence-corrected chi connectivity index (χ1v) is 10.0. The quantitative estimate of drug-likeness (QED) is 0.664. The van der Waals surface area contributed by atoms with Crippen molar-refractivity contribution in [3.63, 3.8) is 0 Å². The summed E-state index contributed by atoms with van der Waals surface area (Å²) in [6.07, 6.45) is 0. The molecule has 0 aliphatic carbocycles. The van der Waals surface area contributed by atoms with Crippen molar-refractivity contribution in [1.82, 2.24) is 14.1 Å². The minimum absolute atomic E-state index is 0.0651. The standard InChI is InChI=1S/C20H25N5O2S/c1-12(2)10-25-17(21)16(18(26)24(4)20(25)27)15-11-28-19(23-15)22-13(3)14-8-6-5-7-9-14/h5-9,11-13H,10,21H2,1-4H3,(H,22,23)/t13-/m1/s1. The molecule has 0 aliphatic rings. The first kappa shape index (κ1) is 19.9. The number of nitrogens with two attached hydrogens (primary N) is 1. The summed E-state index contributed by atoms with van der Waals surface area (Å²) in [6, 6.07) is 10.1. The van der Waals surface area contributed by atoms with E-state index in [4.69, 9.17) is 5.73 Å². The fourth-order valence-electron chi connectivity index (χ4n) is 3.03. The maximum atomic E-state index is 12.7. The highest BCUT2D eigenvalue weighted by Gasteiger charge is 2.20. The Morgan fingerprint density at radius 3 is 2.50 bits per heavy atom. The van der Waals surface area contributed by atoms with Crippen LogP contribution in [0.5, 0.6) is 0 Å². The second-order valence-corrected chi connectivity index (χ2v) is 8.08. The smallest absolute Gasteiger partial charge is 0.332 e. The van der Waals surface area contributed by atoms with Crippen LogP contribution in [0.4, 0.5) is 10.9 Å². The van der Waals surface area contributed by atoms with Crippen LogP contribution in [0.25, 0.3) is 11.3 Å². The van der Waals surface area contributed by atoms with Crippen molar-refractivity contribution in [3.8, 4) is 11.3 Å². The van der Waals surface area contributed by atoms with Gasteiger partial charge in [-0.2, -0.15) is 0 Å². The van der Waals surface area contributed by atoms with E-state index < -0.39 is 11.2 Å². The van der Waals surface area contributed by atoms with Gasteiger partial charge in [-0.3, -0.25) is 13.9 Å². The Morgan fingerprint density at radius 2 is 1.86 bits per heavy atom. The summed E-state index contributed by atoms with van der Waals surface area (Å²) in [5.41, 5.74) is 7.26. The zero-order valence-corrected chi connectivity index (χ0v) is 17.3. The van der Waals surface area contributed by atoms with Gasteiger partial charge in [0.2, 0.25) is 0 Å². The fourth-order valence-corrected chi connectivity index (χ4v) is 3.82. The molecule has 3 rings (SSSR count). The van der Waals surface area contributed by atoms with Crippen molar-refractivity contribution in [1.29, 1.82) is 0 Å². The molecular formula is C20H25N5O2S. The number of hydrogen-bond acceptors (Lipinski definition) is 6. The van der Waals surface area contributed by atoms with Crippen molar-refractivity contribution < 1.29 is 0 Å². The molecule has 148 valence electrons. The molecule has 0 spiro atoms. The average molecular weight is 400 g/mol. The summed E-state index contributed by atoms with van der Waals surface area (Å²) in [4.78, 5) is 29.7. The number of thiazole rings is 1. The number of anilines is 2. The lowest BCUT2D eigenvalue weighted by molar-refractivity contribution is 0.494. The summed E-state index contributed by atoms with van der Waals surface area (Å²) in [7, 11) is 1.47. The van der Waals surface area contributed by atoms with Crippen LogP contribution in [0.1, 0.15) is 32.4 Å². The number of rotatable bonds is 6. The Labute approximate surface area is 167 Å². The highest BCUT2D eigenvalue weighted by Crippen LogP contribution is 2.28. The van der Waals surface area contributed by atoms with E-state index in [1.54, 1.807) is 5.38 Å². The highest BCUT2D eigenvalue weighted by molar-refractivity contribution is 7.14. The van der Waals surface area contributed by atoms with Crippen molar-refractivity contribution in [2.45, 2.75) is 33.4 Å². The van der Waals surface area contributed by atoms with Crippen LogP contribution in [-0.4, -0.2) is 14.1 Å². The fraction of sp³-hybridized carbons (Fsp3) is 0.350. The number of nitrogens with one attached hydrogen (secondary N) is 1. The summed E-state index contributed by atoms with van der Waals surface area (Å²) in [5, 5.41) is 5.83. The molecular weight excluding hydrogens is 374 g/mol. The van der Waals surface area contributed by atoms with Crippen LogP contribution >= 0.6 is 11.3 Å². The van der Waals surface area contributed by atoms with Crippen LogP contribution in [0.2, 0.25) is 0 Å². The van der Waals surface area contributed by atoms with E-state index in [0.29, 0.717) is 17.4 Å². The largest absolute Gasteiger partial charge is 0.384 e. The first-order valence-electron chi connectivity index (χ1n) is 9.16. The Bertz CT molecular complexity index is 1080. The third-order valence-electron chi connectivity index (χ3n) is 4.53. The SMILES string of the molecule is CC(C)Cn1c(N)c(-c2csc(N[C@H](C)c3ccccc3)n2)c(=O)n(C)c1=O. The van der Waals surface area contributed by atoms with Crippen molar-refractivity contribution >= 4 is 22.3 Å². The molecule has 0 saturated heterocycles. The van der Waals surface area contributed by atoms with Gasteiger partial charge in [-0.05, 0) is 18.4 Å². The van der Waals surface area contributed by atoms with E-state index in [-0.39, 0.29) is 23.3 Å². The highest BCUT2D eigenvalue weighted by atomic mass is 32.1. The van der Waals surface area contributed by atoms with Crippen LogP contribution in [0.15, 0.2) is 45.3 Å². The van der Waals surface area contributed by atoms with Gasteiger partial charge >= 0.3 is 5.69 Å². The van der Waals surface area contributed by atoms with Crippen LogP contribution < -0.4 is 22.3 Å². The van der Waals surface area contributed by atoms with Crippen molar-refractivity contribution in [3.05, 3.63) is 62.1 Å². The molecule has 0 fully saturated rings. The number of nitrogens with zero attached hydrogens (tertiary/aromatic N) is 3. The number of benzene rings is 1. The van der Waals surface area contributed by atoms with E-state index in [9.17, 15) is 9.59 Å². The number of nitrogen functional groups attached to an aromatic ring is 1. The monoisotopic (exact) mass is 399 g/mol. The van der Waals surface area contributed by atoms with Gasteiger partial charge < -0.3 is 11.1 Å². The minimum atomic E-state index is -0.435. The van der Waals surface area contributed by atoms with Gasteiger partial charge in [0.25, 0.3) is 5.56 Å². The molecule has 0 aliphatic heterocycles.